The molecule has 0 saturated heterocycles. The fourth-order valence-electron chi connectivity index (χ4n) is 1.42. The number of hydrogen-bond acceptors (Lipinski definition) is 5. The van der Waals surface area contributed by atoms with E-state index in [1.807, 2.05) is 19.2 Å². The number of halogens is 1. The lowest BCUT2D eigenvalue weighted by molar-refractivity contribution is 1.05. The predicted octanol–water partition coefficient (Wildman–Crippen LogP) is 3.25. The van der Waals surface area contributed by atoms with Crippen LogP contribution < -0.4 is 5.32 Å². The smallest absolute Gasteiger partial charge is 0.181 e. The lowest BCUT2D eigenvalue weighted by atomic mass is 10.3. The van der Waals surface area contributed by atoms with E-state index in [9.17, 15) is 0 Å². The van der Waals surface area contributed by atoms with Crippen molar-refractivity contribution in [3.8, 4) is 11.5 Å². The molecular formula is C11H13IN4S. The second-order valence-corrected chi connectivity index (χ2v) is 5.72. The molecule has 17 heavy (non-hydrogen) atoms. The molecule has 2 aromatic heterocycles. The molecule has 4 nitrogen and oxygen atoms in total. The Kier molecular flexibility index (Phi) is 3.93. The Bertz CT molecular complexity index is 538. The summed E-state index contributed by atoms with van der Waals surface area (Å²) >= 11 is 3.88. The third kappa shape index (κ3) is 2.74. The normalized spacial score (nSPS) is 10.6. The van der Waals surface area contributed by atoms with Crippen molar-refractivity contribution in [3.05, 3.63) is 19.7 Å². The zero-order valence-electron chi connectivity index (χ0n) is 9.91. The maximum absolute atomic E-state index is 4.52. The molecule has 0 aliphatic carbocycles. The maximum atomic E-state index is 4.52. The second kappa shape index (κ2) is 5.26. The van der Waals surface area contributed by atoms with E-state index in [1.54, 1.807) is 11.3 Å². The van der Waals surface area contributed by atoms with Gasteiger partial charge in [-0.15, -0.1) is 11.3 Å². The number of thiazole rings is 1. The summed E-state index contributed by atoms with van der Waals surface area (Å²) in [7, 11) is 0. The summed E-state index contributed by atoms with van der Waals surface area (Å²) in [6, 6.07) is 0. The number of aryl methyl sites for hydroxylation is 2. The van der Waals surface area contributed by atoms with Crippen molar-refractivity contribution >= 4 is 39.7 Å². The van der Waals surface area contributed by atoms with Gasteiger partial charge in [0.05, 0.1) is 14.3 Å². The van der Waals surface area contributed by atoms with Gasteiger partial charge in [0.2, 0.25) is 0 Å². The first-order chi connectivity index (χ1) is 8.11. The van der Waals surface area contributed by atoms with Crippen LogP contribution in [-0.4, -0.2) is 21.5 Å². The molecule has 0 fully saturated rings. The van der Waals surface area contributed by atoms with Gasteiger partial charge in [-0.25, -0.2) is 15.0 Å². The molecule has 0 aromatic carbocycles. The third-order valence-electron chi connectivity index (χ3n) is 2.21. The quantitative estimate of drug-likeness (QED) is 0.854. The molecule has 0 atom stereocenters. The zero-order valence-corrected chi connectivity index (χ0v) is 12.9. The molecular weight excluding hydrogens is 347 g/mol. The van der Waals surface area contributed by atoms with Gasteiger partial charge >= 0.3 is 0 Å². The summed E-state index contributed by atoms with van der Waals surface area (Å²) in [6.07, 6.45) is 0. The summed E-state index contributed by atoms with van der Waals surface area (Å²) in [6.45, 7) is 6.88. The Morgan fingerprint density at radius 3 is 2.65 bits per heavy atom. The summed E-state index contributed by atoms with van der Waals surface area (Å²) in [5.74, 6) is 1.59. The highest BCUT2D eigenvalue weighted by Crippen LogP contribution is 2.24. The van der Waals surface area contributed by atoms with Crippen LogP contribution in [0.3, 0.4) is 0 Å². The lowest BCUT2D eigenvalue weighted by Crippen LogP contribution is -2.06. The molecule has 90 valence electrons. The van der Waals surface area contributed by atoms with Gasteiger partial charge in [0.25, 0.3) is 0 Å². The summed E-state index contributed by atoms with van der Waals surface area (Å²) in [5, 5.41) is 6.28. The topological polar surface area (TPSA) is 50.7 Å². The number of rotatable bonds is 3. The Morgan fingerprint density at radius 2 is 2.06 bits per heavy atom. The average molecular weight is 360 g/mol. The van der Waals surface area contributed by atoms with Crippen molar-refractivity contribution in [3.63, 3.8) is 0 Å². The average Bonchev–Trinajstić information content (AvgIpc) is 2.71. The second-order valence-electron chi connectivity index (χ2n) is 3.58. The summed E-state index contributed by atoms with van der Waals surface area (Å²) < 4.78 is 1.07. The Balaban J connectivity index is 2.48. The zero-order chi connectivity index (χ0) is 12.4. The molecule has 0 aliphatic rings. The van der Waals surface area contributed by atoms with E-state index in [2.05, 4.69) is 49.8 Å². The van der Waals surface area contributed by atoms with Crippen LogP contribution in [0.2, 0.25) is 0 Å². The minimum absolute atomic E-state index is 0.697. The fourth-order valence-corrected chi connectivity index (χ4v) is 2.45. The van der Waals surface area contributed by atoms with Crippen molar-refractivity contribution in [2.24, 2.45) is 0 Å². The largest absolute Gasteiger partial charge is 0.369 e. The van der Waals surface area contributed by atoms with Gasteiger partial charge in [-0.3, -0.25) is 0 Å². The maximum Gasteiger partial charge on any atom is 0.181 e. The Morgan fingerprint density at radius 1 is 1.29 bits per heavy atom. The highest BCUT2D eigenvalue weighted by atomic mass is 127. The number of anilines is 1. The number of aromatic nitrogens is 3. The third-order valence-corrected chi connectivity index (χ3v) is 4.27. The van der Waals surface area contributed by atoms with Gasteiger partial charge in [-0.05, 0) is 43.4 Å². The first-order valence-electron chi connectivity index (χ1n) is 5.32. The van der Waals surface area contributed by atoms with E-state index in [1.165, 1.54) is 0 Å². The van der Waals surface area contributed by atoms with Gasteiger partial charge in [0, 0.05) is 11.9 Å². The standard InChI is InChI=1S/C11H13IN4S/c1-4-13-11-9(12)6(2)14-10(16-11)8-5-17-7(3)15-8/h5H,4H2,1-3H3,(H,13,14,16). The molecule has 0 saturated carbocycles. The van der Waals surface area contributed by atoms with Crippen molar-refractivity contribution in [1.29, 1.82) is 0 Å². The SMILES string of the molecule is CCNc1nc(-c2csc(C)n2)nc(C)c1I. The van der Waals surface area contributed by atoms with Gasteiger partial charge in [-0.2, -0.15) is 0 Å². The van der Waals surface area contributed by atoms with Crippen LogP contribution in [0, 0.1) is 17.4 Å². The molecule has 2 heterocycles. The first kappa shape index (κ1) is 12.7. The number of nitrogens with one attached hydrogen (secondary N) is 1. The predicted molar refractivity (Wildman–Crippen MR) is 79.5 cm³/mol. The van der Waals surface area contributed by atoms with Crippen molar-refractivity contribution < 1.29 is 0 Å². The molecule has 2 aromatic rings. The van der Waals surface area contributed by atoms with Gasteiger partial charge < -0.3 is 5.32 Å². The van der Waals surface area contributed by atoms with E-state index < -0.39 is 0 Å². The molecule has 1 N–H and O–H groups in total. The van der Waals surface area contributed by atoms with Crippen LogP contribution in [0.15, 0.2) is 5.38 Å². The van der Waals surface area contributed by atoms with Crippen LogP contribution in [0.4, 0.5) is 5.82 Å². The van der Waals surface area contributed by atoms with Gasteiger partial charge in [-0.1, -0.05) is 0 Å². The van der Waals surface area contributed by atoms with Crippen LogP contribution >= 0.6 is 33.9 Å². The monoisotopic (exact) mass is 360 g/mol. The number of nitrogens with zero attached hydrogens (tertiary/aromatic N) is 3. The molecule has 0 amide bonds. The molecule has 0 spiro atoms. The highest BCUT2D eigenvalue weighted by Gasteiger charge is 2.11. The van der Waals surface area contributed by atoms with Crippen molar-refractivity contribution in [2.75, 3.05) is 11.9 Å². The number of hydrogen-bond donors (Lipinski definition) is 1. The Hall–Kier alpha value is -0.760. The van der Waals surface area contributed by atoms with Gasteiger partial charge in [0.15, 0.2) is 5.82 Å². The summed E-state index contributed by atoms with van der Waals surface area (Å²) in [5.41, 5.74) is 1.84. The van der Waals surface area contributed by atoms with Crippen LogP contribution in [-0.2, 0) is 0 Å². The van der Waals surface area contributed by atoms with E-state index in [0.29, 0.717) is 5.82 Å². The van der Waals surface area contributed by atoms with Gasteiger partial charge in [0.1, 0.15) is 11.5 Å². The minimum atomic E-state index is 0.697. The van der Waals surface area contributed by atoms with Crippen LogP contribution in [0.25, 0.3) is 11.5 Å². The van der Waals surface area contributed by atoms with E-state index in [4.69, 9.17) is 0 Å². The molecule has 0 aliphatic heterocycles. The molecule has 0 unspecified atom stereocenters. The molecule has 2 rings (SSSR count). The summed E-state index contributed by atoms with van der Waals surface area (Å²) in [4.78, 5) is 13.4. The molecule has 0 radical (unpaired) electrons. The fraction of sp³-hybridized carbons (Fsp3) is 0.364. The van der Waals surface area contributed by atoms with E-state index >= 15 is 0 Å². The van der Waals surface area contributed by atoms with Crippen molar-refractivity contribution in [1.82, 2.24) is 15.0 Å². The molecule has 0 bridgehead atoms. The molecule has 6 heteroatoms. The highest BCUT2D eigenvalue weighted by molar-refractivity contribution is 14.1. The minimum Gasteiger partial charge on any atom is -0.369 e. The van der Waals surface area contributed by atoms with E-state index in [0.717, 1.165) is 32.3 Å². The Labute approximate surface area is 118 Å². The first-order valence-corrected chi connectivity index (χ1v) is 7.28. The van der Waals surface area contributed by atoms with Crippen molar-refractivity contribution in [2.45, 2.75) is 20.8 Å². The lowest BCUT2D eigenvalue weighted by Gasteiger charge is -2.08. The van der Waals surface area contributed by atoms with Crippen LogP contribution in [0.5, 0.6) is 0 Å². The van der Waals surface area contributed by atoms with E-state index in [-0.39, 0.29) is 0 Å². The van der Waals surface area contributed by atoms with Crippen LogP contribution in [0.1, 0.15) is 17.6 Å².